The van der Waals surface area contributed by atoms with E-state index in [4.69, 9.17) is 20.9 Å². The van der Waals surface area contributed by atoms with Gasteiger partial charge in [-0.3, -0.25) is 0 Å². The second-order valence-corrected chi connectivity index (χ2v) is 7.02. The maximum atomic E-state index is 6.10. The van der Waals surface area contributed by atoms with Gasteiger partial charge in [0.25, 0.3) is 0 Å². The molecule has 122 valence electrons. The maximum absolute atomic E-state index is 6.10. The monoisotopic (exact) mass is 304 g/mol. The van der Waals surface area contributed by atoms with Crippen molar-refractivity contribution in [1.29, 1.82) is 0 Å². The van der Waals surface area contributed by atoms with Crippen LogP contribution in [-0.4, -0.2) is 24.4 Å². The van der Waals surface area contributed by atoms with Crippen molar-refractivity contribution >= 4 is 5.69 Å². The van der Waals surface area contributed by atoms with Crippen LogP contribution in [-0.2, 0) is 16.1 Å². The van der Waals surface area contributed by atoms with Gasteiger partial charge in [-0.25, -0.2) is 0 Å². The standard InChI is InChI=1S/C18H28N2O2/c1-11-5-14(6-12(2)22-11)15-7-13(8-16(19)9-15)10-21-18-4-3-17(18)20/h7-9,11-12,14,17-18H,3-6,10,19-20H2,1-2H3/t11-,12+,14?,17-,18-/m1/s1. The van der Waals surface area contributed by atoms with Crippen LogP contribution in [0.5, 0.6) is 0 Å². The Morgan fingerprint density at radius 2 is 1.86 bits per heavy atom. The van der Waals surface area contributed by atoms with Crippen LogP contribution in [0.1, 0.15) is 56.6 Å². The van der Waals surface area contributed by atoms with E-state index in [2.05, 4.69) is 26.0 Å². The molecule has 3 rings (SSSR count). The van der Waals surface area contributed by atoms with Crippen LogP contribution in [0, 0.1) is 0 Å². The number of hydrogen-bond acceptors (Lipinski definition) is 4. The summed E-state index contributed by atoms with van der Waals surface area (Å²) in [7, 11) is 0. The molecule has 0 bridgehead atoms. The van der Waals surface area contributed by atoms with Crippen LogP contribution in [0.2, 0.25) is 0 Å². The highest BCUT2D eigenvalue weighted by molar-refractivity contribution is 5.46. The highest BCUT2D eigenvalue weighted by atomic mass is 16.5. The van der Waals surface area contributed by atoms with Gasteiger partial charge in [0.2, 0.25) is 0 Å². The third-order valence-electron chi connectivity index (χ3n) is 4.93. The minimum absolute atomic E-state index is 0.206. The number of ether oxygens (including phenoxy) is 2. The lowest BCUT2D eigenvalue weighted by atomic mass is 9.85. The molecule has 0 aromatic heterocycles. The van der Waals surface area contributed by atoms with E-state index in [9.17, 15) is 0 Å². The quantitative estimate of drug-likeness (QED) is 0.839. The van der Waals surface area contributed by atoms with E-state index in [1.165, 1.54) is 5.56 Å². The molecule has 1 saturated carbocycles. The molecule has 4 N–H and O–H groups in total. The van der Waals surface area contributed by atoms with E-state index in [0.717, 1.165) is 36.9 Å². The third-order valence-corrected chi connectivity index (χ3v) is 4.93. The van der Waals surface area contributed by atoms with Crippen molar-refractivity contribution in [2.24, 2.45) is 5.73 Å². The smallest absolute Gasteiger partial charge is 0.0731 e. The Bertz CT molecular complexity index is 510. The molecule has 1 aliphatic heterocycles. The molecular formula is C18H28N2O2. The van der Waals surface area contributed by atoms with E-state index >= 15 is 0 Å². The summed E-state index contributed by atoms with van der Waals surface area (Å²) < 4.78 is 11.8. The first-order chi connectivity index (χ1) is 10.5. The summed E-state index contributed by atoms with van der Waals surface area (Å²) in [6.07, 6.45) is 5.10. The van der Waals surface area contributed by atoms with Gasteiger partial charge in [-0.15, -0.1) is 0 Å². The predicted molar refractivity (Wildman–Crippen MR) is 88.6 cm³/mol. The molecule has 4 heteroatoms. The fraction of sp³-hybridized carbons (Fsp3) is 0.667. The number of benzene rings is 1. The van der Waals surface area contributed by atoms with Gasteiger partial charge in [-0.05, 0) is 68.7 Å². The average molecular weight is 304 g/mol. The summed E-state index contributed by atoms with van der Waals surface area (Å²) in [6.45, 7) is 4.90. The van der Waals surface area contributed by atoms with Crippen molar-refractivity contribution in [3.63, 3.8) is 0 Å². The van der Waals surface area contributed by atoms with Gasteiger partial charge in [0, 0.05) is 11.7 Å². The van der Waals surface area contributed by atoms with E-state index < -0.39 is 0 Å². The van der Waals surface area contributed by atoms with Gasteiger partial charge in [-0.1, -0.05) is 6.07 Å². The maximum Gasteiger partial charge on any atom is 0.0731 e. The zero-order valence-corrected chi connectivity index (χ0v) is 13.6. The third kappa shape index (κ3) is 3.62. The predicted octanol–water partition coefficient (Wildman–Crippen LogP) is 2.95. The summed E-state index contributed by atoms with van der Waals surface area (Å²) >= 11 is 0. The SMILES string of the molecule is C[C@@H]1CC(c2cc(N)cc(CO[C@@H]3CC[C@H]3N)c2)C[C@H](C)O1. The minimum Gasteiger partial charge on any atom is -0.399 e. The normalized spacial score (nSPS) is 35.1. The Morgan fingerprint density at radius 3 is 2.45 bits per heavy atom. The van der Waals surface area contributed by atoms with Crippen molar-refractivity contribution in [1.82, 2.24) is 0 Å². The van der Waals surface area contributed by atoms with Gasteiger partial charge < -0.3 is 20.9 Å². The highest BCUT2D eigenvalue weighted by Crippen LogP contribution is 2.34. The van der Waals surface area contributed by atoms with Gasteiger partial charge in [0.05, 0.1) is 24.9 Å². The molecule has 2 fully saturated rings. The molecule has 0 spiro atoms. The minimum atomic E-state index is 0.206. The number of hydrogen-bond donors (Lipinski definition) is 2. The summed E-state index contributed by atoms with van der Waals surface area (Å²) in [5, 5.41) is 0. The number of anilines is 1. The first kappa shape index (κ1) is 15.8. The van der Waals surface area contributed by atoms with E-state index in [0.29, 0.717) is 24.7 Å². The molecule has 0 amide bonds. The fourth-order valence-electron chi connectivity index (χ4n) is 3.65. The lowest BCUT2D eigenvalue weighted by Crippen LogP contribution is -2.45. The van der Waals surface area contributed by atoms with E-state index in [1.807, 2.05) is 6.07 Å². The lowest BCUT2D eigenvalue weighted by Gasteiger charge is -2.34. The zero-order valence-electron chi connectivity index (χ0n) is 13.6. The summed E-state index contributed by atoms with van der Waals surface area (Å²) in [5.74, 6) is 0.520. The first-order valence-electron chi connectivity index (χ1n) is 8.43. The highest BCUT2D eigenvalue weighted by Gasteiger charge is 2.28. The largest absolute Gasteiger partial charge is 0.399 e. The van der Waals surface area contributed by atoms with Crippen LogP contribution in [0.4, 0.5) is 5.69 Å². The van der Waals surface area contributed by atoms with Crippen LogP contribution in [0.3, 0.4) is 0 Å². The van der Waals surface area contributed by atoms with Crippen LogP contribution in [0.15, 0.2) is 18.2 Å². The second-order valence-electron chi connectivity index (χ2n) is 7.02. The molecule has 5 atom stereocenters. The van der Waals surface area contributed by atoms with Crippen molar-refractivity contribution in [3.05, 3.63) is 29.3 Å². The molecule has 1 aromatic rings. The second kappa shape index (κ2) is 6.57. The van der Waals surface area contributed by atoms with Crippen molar-refractivity contribution in [2.45, 2.75) is 76.4 Å². The van der Waals surface area contributed by atoms with E-state index in [-0.39, 0.29) is 12.1 Å². The Morgan fingerprint density at radius 1 is 1.14 bits per heavy atom. The average Bonchev–Trinajstić information content (AvgIpc) is 2.44. The van der Waals surface area contributed by atoms with Crippen molar-refractivity contribution in [3.8, 4) is 0 Å². The Kier molecular flexibility index (Phi) is 4.71. The number of nitrogen functional groups attached to an aromatic ring is 1. The molecule has 1 aromatic carbocycles. The molecule has 0 radical (unpaired) electrons. The van der Waals surface area contributed by atoms with Crippen molar-refractivity contribution < 1.29 is 9.47 Å². The zero-order chi connectivity index (χ0) is 15.7. The van der Waals surface area contributed by atoms with Crippen LogP contribution >= 0.6 is 0 Å². The van der Waals surface area contributed by atoms with E-state index in [1.54, 1.807) is 0 Å². The number of nitrogens with two attached hydrogens (primary N) is 2. The lowest BCUT2D eigenvalue weighted by molar-refractivity contribution is -0.0381. The molecular weight excluding hydrogens is 276 g/mol. The van der Waals surface area contributed by atoms with Gasteiger partial charge in [0.1, 0.15) is 0 Å². The topological polar surface area (TPSA) is 70.5 Å². The molecule has 1 unspecified atom stereocenters. The summed E-state index contributed by atoms with van der Waals surface area (Å²) in [5.41, 5.74) is 15.3. The van der Waals surface area contributed by atoms with Gasteiger partial charge in [0.15, 0.2) is 0 Å². The van der Waals surface area contributed by atoms with Crippen LogP contribution in [0.25, 0.3) is 0 Å². The van der Waals surface area contributed by atoms with Gasteiger partial charge in [-0.2, -0.15) is 0 Å². The molecule has 2 aliphatic rings. The first-order valence-corrected chi connectivity index (χ1v) is 8.43. The molecule has 22 heavy (non-hydrogen) atoms. The van der Waals surface area contributed by atoms with Gasteiger partial charge >= 0.3 is 0 Å². The summed E-state index contributed by atoms with van der Waals surface area (Å²) in [6, 6.07) is 6.57. The Balaban J connectivity index is 1.69. The Labute approximate surface area is 133 Å². The molecule has 1 heterocycles. The molecule has 4 nitrogen and oxygen atoms in total. The number of rotatable bonds is 4. The molecule has 1 saturated heterocycles. The molecule has 1 aliphatic carbocycles. The van der Waals surface area contributed by atoms with Crippen molar-refractivity contribution in [2.75, 3.05) is 5.73 Å². The summed E-state index contributed by atoms with van der Waals surface area (Å²) in [4.78, 5) is 0. The Hall–Kier alpha value is -1.10. The fourth-order valence-corrected chi connectivity index (χ4v) is 3.65. The van der Waals surface area contributed by atoms with Crippen LogP contribution < -0.4 is 11.5 Å².